The van der Waals surface area contributed by atoms with E-state index >= 15 is 0 Å². The SMILES string of the molecule is OCCCCCCOCCCCCO. The fourth-order valence-electron chi connectivity index (χ4n) is 1.26. The van der Waals surface area contributed by atoms with E-state index in [1.807, 2.05) is 0 Å². The summed E-state index contributed by atoms with van der Waals surface area (Å²) < 4.78 is 5.42. The molecular weight excluding hydrogens is 180 g/mol. The van der Waals surface area contributed by atoms with Crippen molar-refractivity contribution in [3.8, 4) is 0 Å². The van der Waals surface area contributed by atoms with Gasteiger partial charge in [-0.05, 0) is 32.1 Å². The van der Waals surface area contributed by atoms with Crippen LogP contribution in [0.5, 0.6) is 0 Å². The maximum absolute atomic E-state index is 8.54. The molecule has 0 aliphatic carbocycles. The Bertz CT molecular complexity index is 84.5. The lowest BCUT2D eigenvalue weighted by atomic mass is 10.2. The van der Waals surface area contributed by atoms with Gasteiger partial charge >= 0.3 is 0 Å². The predicted molar refractivity (Wildman–Crippen MR) is 57.3 cm³/mol. The Hall–Kier alpha value is -0.120. The standard InChI is InChI=1S/C11H24O3/c12-8-4-1-2-6-10-14-11-7-3-5-9-13/h12-13H,1-11H2. The minimum Gasteiger partial charge on any atom is -0.396 e. The van der Waals surface area contributed by atoms with Crippen molar-refractivity contribution in [1.29, 1.82) is 0 Å². The minimum absolute atomic E-state index is 0.293. The summed E-state index contributed by atoms with van der Waals surface area (Å²) in [4.78, 5) is 0. The second kappa shape index (κ2) is 12.9. The second-order valence-electron chi connectivity index (χ2n) is 3.53. The Balaban J connectivity index is 2.78. The summed E-state index contributed by atoms with van der Waals surface area (Å²) >= 11 is 0. The highest BCUT2D eigenvalue weighted by atomic mass is 16.5. The highest BCUT2D eigenvalue weighted by molar-refractivity contribution is 4.43. The first kappa shape index (κ1) is 13.9. The molecule has 0 rings (SSSR count). The van der Waals surface area contributed by atoms with E-state index in [1.54, 1.807) is 0 Å². The van der Waals surface area contributed by atoms with Gasteiger partial charge in [-0.15, -0.1) is 0 Å². The zero-order valence-corrected chi connectivity index (χ0v) is 9.08. The van der Waals surface area contributed by atoms with Gasteiger partial charge in [0.1, 0.15) is 0 Å². The maximum Gasteiger partial charge on any atom is 0.0466 e. The number of aliphatic hydroxyl groups excluding tert-OH is 2. The van der Waals surface area contributed by atoms with Crippen LogP contribution in [-0.2, 0) is 4.74 Å². The van der Waals surface area contributed by atoms with Gasteiger partial charge in [0.25, 0.3) is 0 Å². The van der Waals surface area contributed by atoms with E-state index in [-0.39, 0.29) is 0 Å². The average Bonchev–Trinajstić information content (AvgIpc) is 2.21. The lowest BCUT2D eigenvalue weighted by molar-refractivity contribution is 0.124. The molecule has 0 aromatic rings. The van der Waals surface area contributed by atoms with E-state index in [0.29, 0.717) is 13.2 Å². The quantitative estimate of drug-likeness (QED) is 0.504. The van der Waals surface area contributed by atoms with Crippen LogP contribution < -0.4 is 0 Å². The number of ether oxygens (including phenoxy) is 1. The highest BCUT2D eigenvalue weighted by Crippen LogP contribution is 2.00. The smallest absolute Gasteiger partial charge is 0.0466 e. The van der Waals surface area contributed by atoms with Crippen molar-refractivity contribution in [1.82, 2.24) is 0 Å². The van der Waals surface area contributed by atoms with Gasteiger partial charge in [0.15, 0.2) is 0 Å². The Kier molecular flexibility index (Phi) is 12.8. The van der Waals surface area contributed by atoms with Crippen molar-refractivity contribution in [2.24, 2.45) is 0 Å². The highest BCUT2D eigenvalue weighted by Gasteiger charge is 1.91. The molecule has 3 nitrogen and oxygen atoms in total. The number of rotatable bonds is 11. The summed E-state index contributed by atoms with van der Waals surface area (Å²) in [6, 6.07) is 0. The molecule has 0 saturated heterocycles. The largest absolute Gasteiger partial charge is 0.396 e. The van der Waals surface area contributed by atoms with Crippen LogP contribution in [0, 0.1) is 0 Å². The summed E-state index contributed by atoms with van der Waals surface area (Å²) in [7, 11) is 0. The molecule has 86 valence electrons. The summed E-state index contributed by atoms with van der Waals surface area (Å²) in [6.45, 7) is 2.26. The van der Waals surface area contributed by atoms with Gasteiger partial charge in [0.2, 0.25) is 0 Å². The van der Waals surface area contributed by atoms with Crippen LogP contribution in [0.15, 0.2) is 0 Å². The number of hydrogen-bond donors (Lipinski definition) is 2. The van der Waals surface area contributed by atoms with E-state index < -0.39 is 0 Å². The van der Waals surface area contributed by atoms with E-state index in [4.69, 9.17) is 14.9 Å². The Morgan fingerprint density at radius 2 is 1.00 bits per heavy atom. The van der Waals surface area contributed by atoms with Crippen molar-refractivity contribution in [2.75, 3.05) is 26.4 Å². The third kappa shape index (κ3) is 11.9. The fraction of sp³-hybridized carbons (Fsp3) is 1.00. The third-order valence-electron chi connectivity index (χ3n) is 2.14. The molecule has 0 aliphatic rings. The van der Waals surface area contributed by atoms with Crippen molar-refractivity contribution in [3.63, 3.8) is 0 Å². The van der Waals surface area contributed by atoms with Gasteiger partial charge in [0.05, 0.1) is 0 Å². The zero-order chi connectivity index (χ0) is 10.5. The molecule has 0 aromatic heterocycles. The van der Waals surface area contributed by atoms with Crippen LogP contribution in [0.25, 0.3) is 0 Å². The second-order valence-corrected chi connectivity index (χ2v) is 3.53. The molecule has 14 heavy (non-hydrogen) atoms. The van der Waals surface area contributed by atoms with Gasteiger partial charge < -0.3 is 14.9 Å². The maximum atomic E-state index is 8.54. The zero-order valence-electron chi connectivity index (χ0n) is 9.08. The first-order valence-electron chi connectivity index (χ1n) is 5.71. The number of hydrogen-bond acceptors (Lipinski definition) is 3. The van der Waals surface area contributed by atoms with Crippen LogP contribution >= 0.6 is 0 Å². The summed E-state index contributed by atoms with van der Waals surface area (Å²) in [5.74, 6) is 0. The molecular formula is C11H24O3. The van der Waals surface area contributed by atoms with Gasteiger partial charge in [-0.3, -0.25) is 0 Å². The minimum atomic E-state index is 0.293. The molecule has 3 heteroatoms. The van der Waals surface area contributed by atoms with Crippen molar-refractivity contribution in [2.45, 2.75) is 44.9 Å². The first-order chi connectivity index (χ1) is 6.91. The lowest BCUT2D eigenvalue weighted by Crippen LogP contribution is -1.98. The fourth-order valence-corrected chi connectivity index (χ4v) is 1.26. The molecule has 0 bridgehead atoms. The summed E-state index contributed by atoms with van der Waals surface area (Å²) in [6.07, 6.45) is 7.26. The molecule has 0 amide bonds. The van der Waals surface area contributed by atoms with Gasteiger partial charge in [-0.25, -0.2) is 0 Å². The van der Waals surface area contributed by atoms with Crippen molar-refractivity contribution < 1.29 is 14.9 Å². The summed E-state index contributed by atoms with van der Waals surface area (Å²) in [5.41, 5.74) is 0. The molecule has 0 aromatic carbocycles. The number of unbranched alkanes of at least 4 members (excludes halogenated alkanes) is 5. The van der Waals surface area contributed by atoms with Crippen molar-refractivity contribution in [3.05, 3.63) is 0 Å². The van der Waals surface area contributed by atoms with Gasteiger partial charge in [0, 0.05) is 26.4 Å². The topological polar surface area (TPSA) is 49.7 Å². The van der Waals surface area contributed by atoms with Crippen molar-refractivity contribution >= 4 is 0 Å². The van der Waals surface area contributed by atoms with Crippen LogP contribution in [0.1, 0.15) is 44.9 Å². The van der Waals surface area contributed by atoms with E-state index in [9.17, 15) is 0 Å². The van der Waals surface area contributed by atoms with E-state index in [2.05, 4.69) is 0 Å². The summed E-state index contributed by atoms with van der Waals surface area (Å²) in [5, 5.41) is 17.1. The number of aliphatic hydroxyl groups is 2. The van der Waals surface area contributed by atoms with Crippen LogP contribution in [0.4, 0.5) is 0 Å². The molecule has 0 radical (unpaired) electrons. The molecule has 0 spiro atoms. The van der Waals surface area contributed by atoms with Crippen LogP contribution in [-0.4, -0.2) is 36.6 Å². The normalized spacial score (nSPS) is 10.7. The van der Waals surface area contributed by atoms with E-state index in [1.165, 1.54) is 0 Å². The Morgan fingerprint density at radius 3 is 1.50 bits per heavy atom. The molecule has 0 saturated carbocycles. The third-order valence-corrected chi connectivity index (χ3v) is 2.14. The van der Waals surface area contributed by atoms with Gasteiger partial charge in [-0.1, -0.05) is 12.8 Å². The Morgan fingerprint density at radius 1 is 0.571 bits per heavy atom. The van der Waals surface area contributed by atoms with Crippen LogP contribution in [0.3, 0.4) is 0 Å². The Labute approximate surface area is 87.1 Å². The van der Waals surface area contributed by atoms with Gasteiger partial charge in [-0.2, -0.15) is 0 Å². The van der Waals surface area contributed by atoms with E-state index in [0.717, 1.165) is 58.2 Å². The molecule has 0 atom stereocenters. The molecule has 2 N–H and O–H groups in total. The molecule has 0 aliphatic heterocycles. The first-order valence-corrected chi connectivity index (χ1v) is 5.71. The molecule has 0 heterocycles. The predicted octanol–water partition coefficient (Wildman–Crippen LogP) is 1.72. The molecule has 0 unspecified atom stereocenters. The molecule has 0 fully saturated rings. The average molecular weight is 204 g/mol. The van der Waals surface area contributed by atoms with Crippen LogP contribution in [0.2, 0.25) is 0 Å². The lowest BCUT2D eigenvalue weighted by Gasteiger charge is -2.03. The monoisotopic (exact) mass is 204 g/mol.